The van der Waals surface area contributed by atoms with Crippen LogP contribution in [0.3, 0.4) is 0 Å². The third-order valence-electron chi connectivity index (χ3n) is 4.61. The van der Waals surface area contributed by atoms with Gasteiger partial charge >= 0.3 is 0 Å². The van der Waals surface area contributed by atoms with Gasteiger partial charge in [0.1, 0.15) is 12.2 Å². The molecular formula is C21H36IN7S. The minimum atomic E-state index is 0. The average Bonchev–Trinajstić information content (AvgIpc) is 3.21. The van der Waals surface area contributed by atoms with Gasteiger partial charge in [0.15, 0.2) is 5.96 Å². The molecule has 0 spiro atoms. The Morgan fingerprint density at radius 2 is 1.93 bits per heavy atom. The Balaban J connectivity index is 0.00000450. The summed E-state index contributed by atoms with van der Waals surface area (Å²) in [6, 6.07) is 10.6. The Hall–Kier alpha value is -1.49. The van der Waals surface area contributed by atoms with E-state index in [2.05, 4.69) is 80.7 Å². The van der Waals surface area contributed by atoms with E-state index < -0.39 is 0 Å². The van der Waals surface area contributed by atoms with Crippen molar-refractivity contribution in [2.45, 2.75) is 33.2 Å². The number of hydrogen-bond acceptors (Lipinski definition) is 5. The molecule has 2 aromatic rings. The van der Waals surface area contributed by atoms with Crippen LogP contribution < -0.4 is 15.5 Å². The first-order valence-electron chi connectivity index (χ1n) is 10.5. The van der Waals surface area contributed by atoms with E-state index in [0.717, 1.165) is 69.6 Å². The van der Waals surface area contributed by atoms with Crippen LogP contribution in [0.4, 0.5) is 5.69 Å². The summed E-state index contributed by atoms with van der Waals surface area (Å²) in [4.78, 5) is 7.17. The second-order valence-corrected chi connectivity index (χ2v) is 7.63. The number of benzene rings is 1. The number of halogens is 1. The van der Waals surface area contributed by atoms with Gasteiger partial charge in [-0.2, -0.15) is 11.8 Å². The van der Waals surface area contributed by atoms with Crippen LogP contribution in [0, 0.1) is 0 Å². The Bertz CT molecular complexity index is 708. The van der Waals surface area contributed by atoms with E-state index in [1.54, 1.807) is 6.33 Å². The Morgan fingerprint density at radius 1 is 1.17 bits per heavy atom. The van der Waals surface area contributed by atoms with Crippen LogP contribution in [-0.4, -0.2) is 65.5 Å². The number of anilines is 1. The zero-order valence-electron chi connectivity index (χ0n) is 18.4. The molecule has 0 atom stereocenters. The molecule has 0 saturated heterocycles. The highest BCUT2D eigenvalue weighted by Gasteiger charge is 2.04. The van der Waals surface area contributed by atoms with Crippen LogP contribution in [0.15, 0.2) is 41.7 Å². The number of nitrogens with one attached hydrogen (secondary N) is 2. The molecule has 0 saturated carbocycles. The van der Waals surface area contributed by atoms with E-state index in [1.807, 2.05) is 11.8 Å². The third kappa shape index (κ3) is 9.55. The average molecular weight is 546 g/mol. The fraction of sp³-hybridized carbons (Fsp3) is 0.571. The van der Waals surface area contributed by atoms with Gasteiger partial charge in [-0.15, -0.1) is 34.2 Å². The molecule has 2 N–H and O–H groups in total. The predicted octanol–water partition coefficient (Wildman–Crippen LogP) is 3.27. The maximum Gasteiger partial charge on any atom is 0.191 e. The molecule has 0 amide bonds. The number of rotatable bonds is 13. The zero-order valence-corrected chi connectivity index (χ0v) is 21.5. The van der Waals surface area contributed by atoms with E-state index in [-0.39, 0.29) is 24.0 Å². The standard InChI is InChI=1S/C21H35N7S.HI/c1-4-20-26-25-18-28(20)16-13-23-21(24-14-17-29-3)22-12-9-15-27(5-2)19-10-7-6-8-11-19;/h6-8,10-11,18H,4-5,9,12-17H2,1-3H3,(H2,22,23,24);1H. The molecule has 0 fully saturated rings. The molecule has 30 heavy (non-hydrogen) atoms. The largest absolute Gasteiger partial charge is 0.372 e. The van der Waals surface area contributed by atoms with E-state index in [9.17, 15) is 0 Å². The third-order valence-corrected chi connectivity index (χ3v) is 5.23. The van der Waals surface area contributed by atoms with Crippen molar-refractivity contribution in [1.29, 1.82) is 0 Å². The van der Waals surface area contributed by atoms with Gasteiger partial charge in [0.2, 0.25) is 0 Å². The highest BCUT2D eigenvalue weighted by Crippen LogP contribution is 2.12. The maximum atomic E-state index is 4.77. The number of thioether (sulfide) groups is 1. The van der Waals surface area contributed by atoms with Crippen LogP contribution in [0.1, 0.15) is 26.1 Å². The molecule has 0 unspecified atom stereocenters. The van der Waals surface area contributed by atoms with Crippen molar-refractivity contribution in [3.8, 4) is 0 Å². The molecular weight excluding hydrogens is 509 g/mol. The summed E-state index contributed by atoms with van der Waals surface area (Å²) in [5.74, 6) is 2.96. The van der Waals surface area contributed by atoms with Crippen LogP contribution >= 0.6 is 35.7 Å². The smallest absolute Gasteiger partial charge is 0.191 e. The number of aryl methyl sites for hydroxylation is 1. The highest BCUT2D eigenvalue weighted by atomic mass is 127. The van der Waals surface area contributed by atoms with E-state index in [1.165, 1.54) is 5.69 Å². The summed E-state index contributed by atoms with van der Waals surface area (Å²) in [5.41, 5.74) is 1.27. The van der Waals surface area contributed by atoms with Gasteiger partial charge in [-0.05, 0) is 31.7 Å². The number of nitrogens with zero attached hydrogens (tertiary/aromatic N) is 5. The fourth-order valence-electron chi connectivity index (χ4n) is 3.04. The summed E-state index contributed by atoms with van der Waals surface area (Å²) in [6.45, 7) is 9.63. The lowest BCUT2D eigenvalue weighted by Crippen LogP contribution is -2.40. The summed E-state index contributed by atoms with van der Waals surface area (Å²) < 4.78 is 2.09. The normalized spacial score (nSPS) is 11.1. The van der Waals surface area contributed by atoms with Gasteiger partial charge in [0, 0.05) is 57.1 Å². The Morgan fingerprint density at radius 3 is 2.63 bits per heavy atom. The molecule has 1 aromatic heterocycles. The molecule has 0 bridgehead atoms. The first-order chi connectivity index (χ1) is 14.3. The maximum absolute atomic E-state index is 4.77. The van der Waals surface area contributed by atoms with E-state index in [0.29, 0.717) is 0 Å². The van der Waals surface area contributed by atoms with E-state index >= 15 is 0 Å². The lowest BCUT2D eigenvalue weighted by molar-refractivity contribution is 0.632. The van der Waals surface area contributed by atoms with Crippen molar-refractivity contribution in [2.75, 3.05) is 49.6 Å². The van der Waals surface area contributed by atoms with Crippen LogP contribution in [0.25, 0.3) is 0 Å². The van der Waals surface area contributed by atoms with Crippen molar-refractivity contribution in [2.24, 2.45) is 4.99 Å². The number of hydrogen-bond donors (Lipinski definition) is 2. The van der Waals surface area contributed by atoms with Gasteiger partial charge in [-0.3, -0.25) is 4.99 Å². The van der Waals surface area contributed by atoms with Gasteiger partial charge in [0.05, 0.1) is 0 Å². The lowest BCUT2D eigenvalue weighted by Gasteiger charge is -2.22. The molecule has 0 aliphatic rings. The lowest BCUT2D eigenvalue weighted by atomic mass is 10.2. The molecule has 1 heterocycles. The van der Waals surface area contributed by atoms with E-state index in [4.69, 9.17) is 4.99 Å². The molecule has 0 aliphatic carbocycles. The second-order valence-electron chi connectivity index (χ2n) is 6.64. The molecule has 2 rings (SSSR count). The summed E-state index contributed by atoms with van der Waals surface area (Å²) in [5, 5.41) is 15.0. The van der Waals surface area contributed by atoms with Gasteiger partial charge in [0.25, 0.3) is 0 Å². The first kappa shape index (κ1) is 26.5. The monoisotopic (exact) mass is 545 g/mol. The minimum Gasteiger partial charge on any atom is -0.372 e. The number of aliphatic imine (C=N–C) groups is 1. The molecule has 9 heteroatoms. The molecule has 168 valence electrons. The van der Waals surface area contributed by atoms with Gasteiger partial charge in [-0.25, -0.2) is 0 Å². The van der Waals surface area contributed by atoms with Gasteiger partial charge in [-0.1, -0.05) is 25.1 Å². The molecule has 0 radical (unpaired) electrons. The van der Waals surface area contributed by atoms with Crippen LogP contribution in [0.5, 0.6) is 0 Å². The van der Waals surface area contributed by atoms with Gasteiger partial charge < -0.3 is 20.1 Å². The van der Waals surface area contributed by atoms with Crippen LogP contribution in [-0.2, 0) is 13.0 Å². The Kier molecular flexibility index (Phi) is 14.4. The zero-order chi connectivity index (χ0) is 20.7. The number of aromatic nitrogens is 3. The summed E-state index contributed by atoms with van der Waals surface area (Å²) in [6.07, 6.45) is 5.82. The van der Waals surface area contributed by atoms with Crippen molar-refractivity contribution in [3.05, 3.63) is 42.5 Å². The first-order valence-corrected chi connectivity index (χ1v) is 11.9. The van der Waals surface area contributed by atoms with Crippen LogP contribution in [0.2, 0.25) is 0 Å². The summed E-state index contributed by atoms with van der Waals surface area (Å²) in [7, 11) is 0. The summed E-state index contributed by atoms with van der Waals surface area (Å²) >= 11 is 1.83. The molecule has 1 aromatic carbocycles. The molecule has 7 nitrogen and oxygen atoms in total. The molecule has 0 aliphatic heterocycles. The minimum absolute atomic E-state index is 0. The quantitative estimate of drug-likeness (QED) is 0.174. The number of para-hydroxylation sites is 1. The fourth-order valence-corrected chi connectivity index (χ4v) is 3.35. The predicted molar refractivity (Wildman–Crippen MR) is 140 cm³/mol. The van der Waals surface area contributed by atoms with Crippen molar-refractivity contribution in [3.63, 3.8) is 0 Å². The van der Waals surface area contributed by atoms with Crippen molar-refractivity contribution >= 4 is 47.4 Å². The van der Waals surface area contributed by atoms with Crippen molar-refractivity contribution in [1.82, 2.24) is 25.4 Å². The highest BCUT2D eigenvalue weighted by molar-refractivity contribution is 14.0. The Labute approximate surface area is 202 Å². The number of guanidine groups is 1. The SMILES string of the molecule is CCc1nncn1CCNC(=NCCCN(CC)c1ccccc1)NCCSC.I. The van der Waals surface area contributed by atoms with Crippen molar-refractivity contribution < 1.29 is 0 Å². The second kappa shape index (κ2) is 16.2. The topological polar surface area (TPSA) is 70.4 Å².